The Labute approximate surface area is 125 Å². The van der Waals surface area contributed by atoms with Crippen LogP contribution in [-0.2, 0) is 18.0 Å². The van der Waals surface area contributed by atoms with Crippen molar-refractivity contribution >= 4 is 8.80 Å². The van der Waals surface area contributed by atoms with Crippen molar-refractivity contribution in [3.8, 4) is 0 Å². The average Bonchev–Trinajstić information content (AvgIpc) is 2.48. The van der Waals surface area contributed by atoms with Gasteiger partial charge in [-0.25, -0.2) is 0 Å². The Balaban J connectivity index is 4.00. The zero-order chi connectivity index (χ0) is 15.3. The molecule has 0 atom stereocenters. The van der Waals surface area contributed by atoms with E-state index in [0.717, 1.165) is 51.7 Å². The average molecular weight is 308 g/mol. The number of hydrogen-bond donors (Lipinski definition) is 0. The van der Waals surface area contributed by atoms with E-state index in [2.05, 4.69) is 11.8 Å². The van der Waals surface area contributed by atoms with Gasteiger partial charge >= 0.3 is 8.80 Å². The van der Waals surface area contributed by atoms with Gasteiger partial charge in [-0.05, 0) is 39.3 Å². The number of nitrogens with zero attached hydrogens (tertiary/aromatic N) is 1. The molecule has 0 unspecified atom stereocenters. The predicted octanol–water partition coefficient (Wildman–Crippen LogP) is 2.39. The summed E-state index contributed by atoms with van der Waals surface area (Å²) in [5, 5.41) is 0. The fourth-order valence-corrected chi connectivity index (χ4v) is 3.97. The van der Waals surface area contributed by atoms with Crippen LogP contribution < -0.4 is 0 Å². The first-order chi connectivity index (χ1) is 9.67. The molecule has 0 aliphatic carbocycles. The van der Waals surface area contributed by atoms with Gasteiger partial charge in [-0.1, -0.05) is 6.92 Å². The zero-order valence-corrected chi connectivity index (χ0v) is 14.9. The maximum Gasteiger partial charge on any atom is 0.500 e. The van der Waals surface area contributed by atoms with Crippen LogP contribution in [0.4, 0.5) is 0 Å². The van der Waals surface area contributed by atoms with Crippen molar-refractivity contribution in [1.82, 2.24) is 4.90 Å². The monoisotopic (exact) mass is 307 g/mol. The van der Waals surface area contributed by atoms with E-state index in [-0.39, 0.29) is 0 Å². The highest BCUT2D eigenvalue weighted by Crippen LogP contribution is 2.15. The van der Waals surface area contributed by atoms with Crippen LogP contribution in [0.15, 0.2) is 0 Å². The summed E-state index contributed by atoms with van der Waals surface area (Å²) < 4.78 is 21.7. The van der Waals surface area contributed by atoms with Crippen molar-refractivity contribution in [2.24, 2.45) is 0 Å². The van der Waals surface area contributed by atoms with E-state index in [0.29, 0.717) is 0 Å². The first-order valence-corrected chi connectivity index (χ1v) is 9.56. The lowest BCUT2D eigenvalue weighted by atomic mass is 10.3. The summed E-state index contributed by atoms with van der Waals surface area (Å²) in [7, 11) is 2.61. The largest absolute Gasteiger partial charge is 0.500 e. The van der Waals surface area contributed by atoms with E-state index < -0.39 is 8.80 Å². The minimum absolute atomic E-state index is 0.803. The molecule has 122 valence electrons. The van der Waals surface area contributed by atoms with Gasteiger partial charge in [0.25, 0.3) is 0 Å². The maximum absolute atomic E-state index is 5.45. The van der Waals surface area contributed by atoms with Crippen molar-refractivity contribution in [2.75, 3.05) is 54.2 Å². The van der Waals surface area contributed by atoms with E-state index in [1.807, 2.05) is 6.92 Å². The third-order valence-electron chi connectivity index (χ3n) is 3.40. The molecule has 0 rings (SSSR count). The van der Waals surface area contributed by atoms with Crippen molar-refractivity contribution in [2.45, 2.75) is 39.2 Å². The molecule has 0 aliphatic rings. The number of hydrogen-bond acceptors (Lipinski definition) is 5. The van der Waals surface area contributed by atoms with E-state index in [4.69, 9.17) is 18.0 Å². The van der Waals surface area contributed by atoms with Gasteiger partial charge in [0.05, 0.1) is 0 Å². The molecular weight excluding hydrogens is 274 g/mol. The van der Waals surface area contributed by atoms with Crippen LogP contribution in [0.5, 0.6) is 0 Å². The smallest absolute Gasteiger partial charge is 0.382 e. The highest BCUT2D eigenvalue weighted by atomic mass is 28.4. The fourth-order valence-electron chi connectivity index (χ4n) is 2.26. The van der Waals surface area contributed by atoms with Gasteiger partial charge in [0, 0.05) is 47.1 Å². The predicted molar refractivity (Wildman–Crippen MR) is 84.0 cm³/mol. The molecule has 0 spiro atoms. The Hall–Kier alpha value is 0.0169. The Morgan fingerprint density at radius 1 is 0.850 bits per heavy atom. The molecule has 0 radical (unpaired) electrons. The van der Waals surface area contributed by atoms with Crippen LogP contribution in [0.1, 0.15) is 33.1 Å². The molecule has 0 aromatic heterocycles. The second-order valence-corrected chi connectivity index (χ2v) is 7.88. The van der Waals surface area contributed by atoms with Crippen molar-refractivity contribution in [3.63, 3.8) is 0 Å². The lowest BCUT2D eigenvalue weighted by Crippen LogP contribution is -2.43. The molecule has 0 bridgehead atoms. The van der Waals surface area contributed by atoms with Gasteiger partial charge in [0.1, 0.15) is 0 Å². The highest BCUT2D eigenvalue weighted by Gasteiger charge is 2.36. The Bertz CT molecular complexity index is 207. The van der Waals surface area contributed by atoms with E-state index in [1.165, 1.54) is 6.42 Å². The zero-order valence-electron chi connectivity index (χ0n) is 13.9. The minimum atomic E-state index is -2.40. The van der Waals surface area contributed by atoms with Crippen LogP contribution in [0.2, 0.25) is 6.04 Å². The van der Waals surface area contributed by atoms with Crippen LogP contribution >= 0.6 is 0 Å². The summed E-state index contributed by atoms with van der Waals surface area (Å²) >= 11 is 0. The molecule has 0 saturated carbocycles. The summed E-state index contributed by atoms with van der Waals surface area (Å²) in [6.45, 7) is 9.19. The van der Waals surface area contributed by atoms with E-state index >= 15 is 0 Å². The summed E-state index contributed by atoms with van der Waals surface area (Å²) in [5.41, 5.74) is 0. The van der Waals surface area contributed by atoms with Gasteiger partial charge < -0.3 is 22.9 Å². The van der Waals surface area contributed by atoms with Gasteiger partial charge in [0.15, 0.2) is 0 Å². The topological polar surface area (TPSA) is 40.2 Å². The normalized spacial score (nSPS) is 12.3. The first-order valence-electron chi connectivity index (χ1n) is 7.63. The summed E-state index contributed by atoms with van der Waals surface area (Å²) in [4.78, 5) is 2.49. The highest BCUT2D eigenvalue weighted by molar-refractivity contribution is 6.60. The Morgan fingerprint density at radius 2 is 1.45 bits per heavy atom. The van der Waals surface area contributed by atoms with Crippen LogP contribution in [0.3, 0.4) is 0 Å². The maximum atomic E-state index is 5.45. The quantitative estimate of drug-likeness (QED) is 0.364. The molecule has 0 aromatic rings. The third kappa shape index (κ3) is 8.34. The molecule has 0 aliphatic heterocycles. The van der Waals surface area contributed by atoms with Crippen LogP contribution in [-0.4, -0.2) is 67.9 Å². The molecule has 20 heavy (non-hydrogen) atoms. The third-order valence-corrected chi connectivity index (χ3v) is 6.23. The van der Waals surface area contributed by atoms with Crippen molar-refractivity contribution in [3.05, 3.63) is 0 Å². The van der Waals surface area contributed by atoms with Crippen molar-refractivity contribution in [1.29, 1.82) is 0 Å². The Kier molecular flexibility index (Phi) is 12.7. The summed E-state index contributed by atoms with van der Waals surface area (Å²) in [6, 6.07) is 0.863. The number of ether oxygens (including phenoxy) is 1. The van der Waals surface area contributed by atoms with Gasteiger partial charge in [-0.2, -0.15) is 0 Å². The standard InChI is InChI=1S/C14H33NO4Si/c1-6-10-15(11-8-13-19-7-2)12-9-14-20(16-3,17-4)18-5/h6-14H2,1-5H3. The summed E-state index contributed by atoms with van der Waals surface area (Å²) in [5.74, 6) is 0. The lowest BCUT2D eigenvalue weighted by molar-refractivity contribution is 0.118. The molecule has 0 fully saturated rings. The molecule has 0 heterocycles. The van der Waals surface area contributed by atoms with Crippen LogP contribution in [0.25, 0.3) is 0 Å². The molecule has 0 saturated heterocycles. The van der Waals surface area contributed by atoms with Gasteiger partial charge in [-0.15, -0.1) is 0 Å². The lowest BCUT2D eigenvalue weighted by Gasteiger charge is -2.26. The molecule has 5 nitrogen and oxygen atoms in total. The van der Waals surface area contributed by atoms with Gasteiger partial charge in [0.2, 0.25) is 0 Å². The van der Waals surface area contributed by atoms with Gasteiger partial charge in [-0.3, -0.25) is 0 Å². The van der Waals surface area contributed by atoms with E-state index in [9.17, 15) is 0 Å². The first kappa shape index (κ1) is 20.0. The van der Waals surface area contributed by atoms with E-state index in [1.54, 1.807) is 21.3 Å². The minimum Gasteiger partial charge on any atom is -0.382 e. The fraction of sp³-hybridized carbons (Fsp3) is 1.00. The van der Waals surface area contributed by atoms with Crippen molar-refractivity contribution < 1.29 is 18.0 Å². The SMILES string of the molecule is CCCN(CCCOCC)CCC[Si](OC)(OC)OC. The second kappa shape index (κ2) is 12.7. The molecule has 0 N–H and O–H groups in total. The second-order valence-electron chi connectivity index (χ2n) is 4.79. The van der Waals surface area contributed by atoms with Crippen LogP contribution in [0, 0.1) is 0 Å². The number of rotatable bonds is 14. The molecule has 6 heteroatoms. The Morgan fingerprint density at radius 3 is 1.95 bits per heavy atom. The molecule has 0 amide bonds. The summed E-state index contributed by atoms with van der Waals surface area (Å²) in [6.07, 6.45) is 3.31. The molecular formula is C14H33NO4Si. The molecule has 0 aromatic carbocycles.